The number of hydrogen-bond donors (Lipinski definition) is 3. The van der Waals surface area contributed by atoms with Gasteiger partial charge in [-0.2, -0.15) is 0 Å². The minimum Gasteiger partial charge on any atom is -0.467 e. The van der Waals surface area contributed by atoms with Crippen LogP contribution in [0.3, 0.4) is 0 Å². The van der Waals surface area contributed by atoms with Crippen molar-refractivity contribution < 1.29 is 19.1 Å². The van der Waals surface area contributed by atoms with Gasteiger partial charge in [-0.05, 0) is 30.5 Å². The molecule has 7 nitrogen and oxygen atoms in total. The van der Waals surface area contributed by atoms with E-state index in [0.717, 1.165) is 28.0 Å². The second-order valence-corrected chi connectivity index (χ2v) is 7.33. The SMILES string of the molecule is CCc1cc(C(=O)NCc2cccc(C)c2)sc1C(=O)N[C@@H](CN)C(=O)OC. The van der Waals surface area contributed by atoms with E-state index in [1.165, 1.54) is 7.11 Å². The van der Waals surface area contributed by atoms with Gasteiger partial charge in [0.25, 0.3) is 11.8 Å². The lowest BCUT2D eigenvalue weighted by atomic mass is 10.1. The van der Waals surface area contributed by atoms with Crippen molar-refractivity contribution in [3.63, 3.8) is 0 Å². The van der Waals surface area contributed by atoms with Crippen LogP contribution in [0.15, 0.2) is 30.3 Å². The number of carbonyl (C=O) groups excluding carboxylic acids is 3. The van der Waals surface area contributed by atoms with E-state index in [9.17, 15) is 14.4 Å². The second-order valence-electron chi connectivity index (χ2n) is 6.28. The van der Waals surface area contributed by atoms with E-state index < -0.39 is 17.9 Å². The highest BCUT2D eigenvalue weighted by atomic mass is 32.1. The first kappa shape index (κ1) is 21.6. The van der Waals surface area contributed by atoms with Crippen molar-refractivity contribution in [3.8, 4) is 0 Å². The third-order valence-corrected chi connectivity index (χ3v) is 5.36. The third kappa shape index (κ3) is 5.40. The number of thiophene rings is 1. The van der Waals surface area contributed by atoms with Crippen LogP contribution in [-0.2, 0) is 22.5 Å². The highest BCUT2D eigenvalue weighted by Crippen LogP contribution is 2.23. The average molecular weight is 404 g/mol. The number of amides is 2. The Hall–Kier alpha value is -2.71. The standard InChI is InChI=1S/C20H25N3O4S/c1-4-14-9-16(18(24)22-11-13-7-5-6-12(2)8-13)28-17(14)19(25)23-15(10-21)20(26)27-3/h5-9,15H,4,10-11,21H2,1-3H3,(H,22,24)(H,23,25)/t15-/m0/s1. The van der Waals surface area contributed by atoms with Gasteiger partial charge < -0.3 is 21.1 Å². The molecule has 0 unspecified atom stereocenters. The number of ether oxygens (including phenoxy) is 1. The molecule has 0 aliphatic carbocycles. The normalized spacial score (nSPS) is 11.6. The summed E-state index contributed by atoms with van der Waals surface area (Å²) in [5.41, 5.74) is 8.39. The van der Waals surface area contributed by atoms with Gasteiger partial charge in [0.1, 0.15) is 6.04 Å². The van der Waals surface area contributed by atoms with Crippen molar-refractivity contribution >= 4 is 29.1 Å². The monoisotopic (exact) mass is 403 g/mol. The molecule has 0 spiro atoms. The summed E-state index contributed by atoms with van der Waals surface area (Å²) in [6, 6.07) is 8.66. The lowest BCUT2D eigenvalue weighted by Gasteiger charge is -2.14. The number of hydrogen-bond acceptors (Lipinski definition) is 6. The van der Waals surface area contributed by atoms with Crippen LogP contribution >= 0.6 is 11.3 Å². The molecule has 0 aliphatic rings. The fraction of sp³-hybridized carbons (Fsp3) is 0.350. The van der Waals surface area contributed by atoms with Crippen LogP contribution in [0.1, 0.15) is 43.0 Å². The van der Waals surface area contributed by atoms with Gasteiger partial charge in [-0.25, -0.2) is 4.79 Å². The molecule has 1 atom stereocenters. The Morgan fingerprint density at radius 3 is 2.57 bits per heavy atom. The van der Waals surface area contributed by atoms with Gasteiger partial charge in [0.2, 0.25) is 0 Å². The predicted octanol–water partition coefficient (Wildman–Crippen LogP) is 1.78. The van der Waals surface area contributed by atoms with Crippen molar-refractivity contribution in [2.24, 2.45) is 5.73 Å². The maximum Gasteiger partial charge on any atom is 0.329 e. The first-order valence-corrected chi connectivity index (χ1v) is 9.76. The van der Waals surface area contributed by atoms with Crippen LogP contribution in [0.5, 0.6) is 0 Å². The van der Waals surface area contributed by atoms with E-state index >= 15 is 0 Å². The summed E-state index contributed by atoms with van der Waals surface area (Å²) in [6.45, 7) is 4.22. The summed E-state index contributed by atoms with van der Waals surface area (Å²) in [4.78, 5) is 37.6. The van der Waals surface area contributed by atoms with Crippen LogP contribution < -0.4 is 16.4 Å². The number of aryl methyl sites for hydroxylation is 2. The molecule has 1 heterocycles. The van der Waals surface area contributed by atoms with Gasteiger partial charge in [0.15, 0.2) is 0 Å². The lowest BCUT2D eigenvalue weighted by Crippen LogP contribution is -2.46. The maximum absolute atomic E-state index is 12.6. The molecule has 4 N–H and O–H groups in total. The van der Waals surface area contributed by atoms with Crippen LogP contribution in [0, 0.1) is 6.92 Å². The molecular weight excluding hydrogens is 378 g/mol. The molecule has 2 amide bonds. The quantitative estimate of drug-likeness (QED) is 0.582. The van der Waals surface area contributed by atoms with Gasteiger partial charge in [-0.15, -0.1) is 11.3 Å². The Morgan fingerprint density at radius 1 is 1.21 bits per heavy atom. The zero-order valence-corrected chi connectivity index (χ0v) is 17.0. The first-order valence-electron chi connectivity index (χ1n) is 8.94. The molecule has 0 fully saturated rings. The van der Waals surface area contributed by atoms with Crippen molar-refractivity contribution in [2.75, 3.05) is 13.7 Å². The fourth-order valence-corrected chi connectivity index (χ4v) is 3.74. The van der Waals surface area contributed by atoms with Crippen LogP contribution in [-0.4, -0.2) is 37.5 Å². The van der Waals surface area contributed by atoms with Crippen LogP contribution in [0.25, 0.3) is 0 Å². The maximum atomic E-state index is 12.6. The fourth-order valence-electron chi connectivity index (χ4n) is 2.67. The lowest BCUT2D eigenvalue weighted by molar-refractivity contribution is -0.142. The largest absolute Gasteiger partial charge is 0.467 e. The summed E-state index contributed by atoms with van der Waals surface area (Å²) >= 11 is 1.09. The first-order chi connectivity index (χ1) is 13.4. The molecule has 1 aromatic carbocycles. The van der Waals surface area contributed by atoms with Gasteiger partial charge in [0.05, 0.1) is 16.9 Å². The molecule has 28 heavy (non-hydrogen) atoms. The number of rotatable bonds is 8. The third-order valence-electron chi connectivity index (χ3n) is 4.18. The average Bonchev–Trinajstić information content (AvgIpc) is 3.14. The molecule has 0 radical (unpaired) electrons. The number of nitrogens with one attached hydrogen (secondary N) is 2. The zero-order chi connectivity index (χ0) is 20.7. The van der Waals surface area contributed by atoms with Gasteiger partial charge >= 0.3 is 5.97 Å². The van der Waals surface area contributed by atoms with Gasteiger partial charge in [-0.1, -0.05) is 36.8 Å². The topological polar surface area (TPSA) is 111 Å². The highest BCUT2D eigenvalue weighted by Gasteiger charge is 2.24. The zero-order valence-electron chi connectivity index (χ0n) is 16.2. The molecule has 0 saturated heterocycles. The molecule has 150 valence electrons. The van der Waals surface area contributed by atoms with Crippen LogP contribution in [0.2, 0.25) is 0 Å². The Morgan fingerprint density at radius 2 is 1.96 bits per heavy atom. The molecule has 8 heteroatoms. The minimum absolute atomic E-state index is 0.0743. The summed E-state index contributed by atoms with van der Waals surface area (Å²) in [6.07, 6.45) is 0.579. The Labute approximate surface area is 168 Å². The van der Waals surface area contributed by atoms with Crippen molar-refractivity contribution in [2.45, 2.75) is 32.9 Å². The van der Waals surface area contributed by atoms with E-state index in [2.05, 4.69) is 15.4 Å². The molecule has 0 bridgehead atoms. The van der Waals surface area contributed by atoms with Gasteiger partial charge in [-0.3, -0.25) is 9.59 Å². The predicted molar refractivity (Wildman–Crippen MR) is 108 cm³/mol. The van der Waals surface area contributed by atoms with E-state index in [0.29, 0.717) is 22.7 Å². The molecule has 0 saturated carbocycles. The Balaban J connectivity index is 2.10. The molecule has 1 aromatic heterocycles. The van der Waals surface area contributed by atoms with Crippen molar-refractivity contribution in [1.82, 2.24) is 10.6 Å². The number of carbonyl (C=O) groups is 3. The number of methoxy groups -OCH3 is 1. The summed E-state index contributed by atoms with van der Waals surface area (Å²) in [5, 5.41) is 5.44. The van der Waals surface area contributed by atoms with Crippen molar-refractivity contribution in [1.29, 1.82) is 0 Å². The van der Waals surface area contributed by atoms with E-state index in [-0.39, 0.29) is 12.5 Å². The number of esters is 1. The summed E-state index contributed by atoms with van der Waals surface area (Å²) < 4.78 is 4.63. The molecular formula is C20H25N3O4S. The van der Waals surface area contributed by atoms with E-state index in [4.69, 9.17) is 5.73 Å². The molecule has 2 aromatic rings. The summed E-state index contributed by atoms with van der Waals surface area (Å²) in [7, 11) is 1.23. The molecule has 2 rings (SSSR count). The Bertz CT molecular complexity index is 863. The van der Waals surface area contributed by atoms with Crippen molar-refractivity contribution in [3.05, 3.63) is 56.8 Å². The van der Waals surface area contributed by atoms with Gasteiger partial charge in [0, 0.05) is 13.1 Å². The summed E-state index contributed by atoms with van der Waals surface area (Å²) in [5.74, 6) is -1.30. The van der Waals surface area contributed by atoms with E-state index in [1.807, 2.05) is 38.1 Å². The van der Waals surface area contributed by atoms with Crippen LogP contribution in [0.4, 0.5) is 0 Å². The Kier molecular flexibility index (Phi) is 7.71. The van der Waals surface area contributed by atoms with E-state index in [1.54, 1.807) is 6.07 Å². The number of benzene rings is 1. The number of nitrogens with two attached hydrogens (primary N) is 1. The smallest absolute Gasteiger partial charge is 0.329 e. The second kappa shape index (κ2) is 10.0. The molecule has 0 aliphatic heterocycles. The highest BCUT2D eigenvalue weighted by molar-refractivity contribution is 7.16. The minimum atomic E-state index is -0.928.